The summed E-state index contributed by atoms with van der Waals surface area (Å²) < 4.78 is 1.47. The first-order valence-corrected chi connectivity index (χ1v) is 8.41. The molecule has 0 fully saturated rings. The summed E-state index contributed by atoms with van der Waals surface area (Å²) in [7, 11) is 0. The van der Waals surface area contributed by atoms with Crippen LogP contribution in [0.5, 0.6) is 0 Å². The highest BCUT2D eigenvalue weighted by Gasteiger charge is 2.10. The highest BCUT2D eigenvalue weighted by molar-refractivity contribution is 7.16. The van der Waals surface area contributed by atoms with Gasteiger partial charge < -0.3 is 5.32 Å². The molecule has 1 amide bonds. The first-order chi connectivity index (χ1) is 10.5. The van der Waals surface area contributed by atoms with Crippen LogP contribution in [0.3, 0.4) is 0 Å². The van der Waals surface area contributed by atoms with E-state index in [1.54, 1.807) is 6.07 Å². The van der Waals surface area contributed by atoms with E-state index < -0.39 is 0 Å². The number of nitrogens with one attached hydrogen (secondary N) is 1. The molecule has 0 spiro atoms. The maximum atomic E-state index is 12.2. The third-order valence-corrected chi connectivity index (χ3v) is 5.11. The summed E-state index contributed by atoms with van der Waals surface area (Å²) in [5, 5.41) is 5.79. The van der Waals surface area contributed by atoms with Gasteiger partial charge in [-0.15, -0.1) is 22.7 Å². The van der Waals surface area contributed by atoms with Gasteiger partial charge in [-0.2, -0.15) is 0 Å². The summed E-state index contributed by atoms with van der Waals surface area (Å²) in [5.74, 6) is -0.161. The molecule has 22 heavy (non-hydrogen) atoms. The fourth-order valence-electron chi connectivity index (χ4n) is 1.98. The number of hydrogen-bond acceptors (Lipinski definition) is 6. The Morgan fingerprint density at radius 3 is 2.95 bits per heavy atom. The predicted octanol–water partition coefficient (Wildman–Crippen LogP) is 2.56. The highest BCUT2D eigenvalue weighted by Crippen LogP contribution is 2.21. The molecular formula is C14H14N4O2S2. The number of anilines is 1. The number of nitrogens with zero attached hydrogens (tertiary/aromatic N) is 3. The summed E-state index contributed by atoms with van der Waals surface area (Å²) in [4.78, 5) is 34.4. The highest BCUT2D eigenvalue weighted by atomic mass is 32.1. The molecule has 3 aromatic rings. The van der Waals surface area contributed by atoms with E-state index in [1.807, 2.05) is 19.2 Å². The van der Waals surface area contributed by atoms with Gasteiger partial charge >= 0.3 is 0 Å². The molecule has 0 aromatic carbocycles. The zero-order valence-corrected chi connectivity index (χ0v) is 13.8. The fourth-order valence-corrected chi connectivity index (χ4v) is 3.54. The lowest BCUT2D eigenvalue weighted by Crippen LogP contribution is -2.23. The molecule has 3 heterocycles. The summed E-state index contributed by atoms with van der Waals surface area (Å²) in [6, 6.07) is 1.76. The molecule has 0 saturated carbocycles. The minimum atomic E-state index is -0.161. The van der Waals surface area contributed by atoms with Gasteiger partial charge in [-0.05, 0) is 25.3 Å². The van der Waals surface area contributed by atoms with E-state index in [1.165, 1.54) is 33.6 Å². The molecule has 8 heteroatoms. The molecule has 0 atom stereocenters. The van der Waals surface area contributed by atoms with Crippen LogP contribution in [0.4, 0.5) is 5.13 Å². The summed E-state index contributed by atoms with van der Waals surface area (Å²) in [5.41, 5.74) is 0.809. The van der Waals surface area contributed by atoms with Crippen LogP contribution < -0.4 is 10.9 Å². The fraction of sp³-hybridized carbons (Fsp3) is 0.286. The Bertz CT molecular complexity index is 874. The molecule has 1 N–H and O–H groups in total. The Kier molecular flexibility index (Phi) is 4.04. The summed E-state index contributed by atoms with van der Waals surface area (Å²) >= 11 is 2.88. The largest absolute Gasteiger partial charge is 0.302 e. The van der Waals surface area contributed by atoms with Gasteiger partial charge in [0.15, 0.2) is 5.13 Å². The van der Waals surface area contributed by atoms with Crippen LogP contribution in [0, 0.1) is 13.8 Å². The molecule has 0 aliphatic heterocycles. The molecule has 0 saturated heterocycles. The Morgan fingerprint density at radius 2 is 2.23 bits per heavy atom. The average molecular weight is 334 g/mol. The van der Waals surface area contributed by atoms with Crippen LogP contribution in [0.15, 0.2) is 22.6 Å². The molecule has 0 radical (unpaired) electrons. The molecule has 6 nitrogen and oxygen atoms in total. The molecule has 0 aliphatic rings. The van der Waals surface area contributed by atoms with E-state index in [4.69, 9.17) is 0 Å². The van der Waals surface area contributed by atoms with Crippen molar-refractivity contribution in [3.8, 4) is 0 Å². The second-order valence-corrected chi connectivity index (χ2v) is 6.94. The number of hydrogen-bond donors (Lipinski definition) is 1. The lowest BCUT2D eigenvalue weighted by atomic mass is 10.3. The molecule has 0 aliphatic carbocycles. The van der Waals surface area contributed by atoms with Gasteiger partial charge in [0.25, 0.3) is 5.56 Å². The van der Waals surface area contributed by atoms with Gasteiger partial charge in [0.2, 0.25) is 5.91 Å². The van der Waals surface area contributed by atoms with Gasteiger partial charge in [-0.3, -0.25) is 14.2 Å². The second-order valence-electron chi connectivity index (χ2n) is 4.84. The molecule has 0 bridgehead atoms. The van der Waals surface area contributed by atoms with E-state index in [-0.39, 0.29) is 17.9 Å². The van der Waals surface area contributed by atoms with E-state index >= 15 is 0 Å². The van der Waals surface area contributed by atoms with Crippen molar-refractivity contribution < 1.29 is 4.79 Å². The van der Waals surface area contributed by atoms with Crippen LogP contribution in [0.1, 0.15) is 17.0 Å². The van der Waals surface area contributed by atoms with Crippen molar-refractivity contribution in [3.63, 3.8) is 0 Å². The van der Waals surface area contributed by atoms with Gasteiger partial charge in [0, 0.05) is 17.8 Å². The number of rotatable bonds is 4. The standard InChI is InChI=1S/C14H14N4O2S2/c1-8-9(2)22-14(16-8)17-11(19)3-5-18-7-15-12-10(13(18)20)4-6-21-12/h4,6-7H,3,5H2,1-2H3,(H,16,17,19). The number of amides is 1. The number of carbonyl (C=O) groups excluding carboxylic acids is 1. The minimum absolute atomic E-state index is 0.111. The van der Waals surface area contributed by atoms with Gasteiger partial charge in [0.1, 0.15) is 4.83 Å². The quantitative estimate of drug-likeness (QED) is 0.795. The molecule has 0 unspecified atom stereocenters. The van der Waals surface area contributed by atoms with Crippen molar-refractivity contribution in [3.05, 3.63) is 38.7 Å². The third-order valence-electron chi connectivity index (χ3n) is 3.31. The van der Waals surface area contributed by atoms with E-state index in [0.29, 0.717) is 17.1 Å². The SMILES string of the molecule is Cc1nc(NC(=O)CCn2cnc3sccc3c2=O)sc1C. The number of aromatic nitrogens is 3. The maximum Gasteiger partial charge on any atom is 0.262 e. The van der Waals surface area contributed by atoms with Gasteiger partial charge in [-0.1, -0.05) is 0 Å². The van der Waals surface area contributed by atoms with Gasteiger partial charge in [0.05, 0.1) is 17.4 Å². The van der Waals surface area contributed by atoms with Crippen molar-refractivity contribution in [1.29, 1.82) is 0 Å². The zero-order valence-electron chi connectivity index (χ0n) is 12.1. The topological polar surface area (TPSA) is 76.9 Å². The van der Waals surface area contributed by atoms with Crippen molar-refractivity contribution in [2.75, 3.05) is 5.32 Å². The Balaban J connectivity index is 1.67. The number of fused-ring (bicyclic) bond motifs is 1. The second kappa shape index (κ2) is 5.98. The number of thiazole rings is 1. The van der Waals surface area contributed by atoms with Crippen LogP contribution in [-0.2, 0) is 11.3 Å². The predicted molar refractivity (Wildman–Crippen MR) is 88.7 cm³/mol. The monoisotopic (exact) mass is 334 g/mol. The molecule has 3 rings (SSSR count). The summed E-state index contributed by atoms with van der Waals surface area (Å²) in [6.07, 6.45) is 1.70. The molecule has 114 valence electrons. The number of thiophene rings is 1. The summed E-state index contributed by atoms with van der Waals surface area (Å²) in [6.45, 7) is 4.17. The van der Waals surface area contributed by atoms with Crippen molar-refractivity contribution in [2.24, 2.45) is 0 Å². The first kappa shape index (κ1) is 14.9. The van der Waals surface area contributed by atoms with Crippen LogP contribution in [0.25, 0.3) is 10.2 Å². The van der Waals surface area contributed by atoms with Crippen LogP contribution in [-0.4, -0.2) is 20.4 Å². The third kappa shape index (κ3) is 2.93. The maximum absolute atomic E-state index is 12.2. The van der Waals surface area contributed by atoms with E-state index in [9.17, 15) is 9.59 Å². The van der Waals surface area contributed by atoms with E-state index in [2.05, 4.69) is 15.3 Å². The average Bonchev–Trinajstić information content (AvgIpc) is 3.06. The van der Waals surface area contributed by atoms with E-state index in [0.717, 1.165) is 15.4 Å². The lowest BCUT2D eigenvalue weighted by Gasteiger charge is -2.05. The Morgan fingerprint density at radius 1 is 1.41 bits per heavy atom. The first-order valence-electron chi connectivity index (χ1n) is 6.71. The zero-order chi connectivity index (χ0) is 15.7. The lowest BCUT2D eigenvalue weighted by molar-refractivity contribution is -0.116. The van der Waals surface area contributed by atoms with Crippen LogP contribution >= 0.6 is 22.7 Å². The van der Waals surface area contributed by atoms with Crippen molar-refractivity contribution in [1.82, 2.24) is 14.5 Å². The number of carbonyl (C=O) groups is 1. The van der Waals surface area contributed by atoms with Crippen molar-refractivity contribution in [2.45, 2.75) is 26.8 Å². The van der Waals surface area contributed by atoms with Crippen molar-refractivity contribution >= 4 is 43.9 Å². The normalized spacial score (nSPS) is 11.0. The van der Waals surface area contributed by atoms with Crippen LogP contribution in [0.2, 0.25) is 0 Å². The van der Waals surface area contributed by atoms with Gasteiger partial charge in [-0.25, -0.2) is 9.97 Å². The molecule has 3 aromatic heterocycles. The smallest absolute Gasteiger partial charge is 0.262 e. The molecular weight excluding hydrogens is 320 g/mol. The Hall–Kier alpha value is -2.06. The number of aryl methyl sites for hydroxylation is 3. The minimum Gasteiger partial charge on any atom is -0.302 e. The Labute approximate surface area is 134 Å².